The summed E-state index contributed by atoms with van der Waals surface area (Å²) in [6.45, 7) is 5.52. The molecule has 2 aromatic rings. The van der Waals surface area contributed by atoms with Crippen LogP contribution >= 0.6 is 0 Å². The molecule has 1 amide bonds. The predicted molar refractivity (Wildman–Crippen MR) is 90.8 cm³/mol. The number of carbonyl (C=O) groups is 1. The highest BCUT2D eigenvalue weighted by Crippen LogP contribution is 2.20. The van der Waals surface area contributed by atoms with E-state index >= 15 is 0 Å². The van der Waals surface area contributed by atoms with E-state index < -0.39 is 0 Å². The van der Waals surface area contributed by atoms with Crippen LogP contribution in [0.4, 0.5) is 0 Å². The van der Waals surface area contributed by atoms with Gasteiger partial charge in [-0.2, -0.15) is 0 Å². The first-order valence-corrected chi connectivity index (χ1v) is 8.47. The van der Waals surface area contributed by atoms with Gasteiger partial charge in [0.15, 0.2) is 0 Å². The molecule has 6 heteroatoms. The molecule has 2 aromatic heterocycles. The highest BCUT2D eigenvalue weighted by Gasteiger charge is 2.25. The zero-order valence-electron chi connectivity index (χ0n) is 14.3. The van der Waals surface area contributed by atoms with Crippen molar-refractivity contribution in [1.29, 1.82) is 0 Å². The van der Waals surface area contributed by atoms with E-state index in [9.17, 15) is 4.79 Å². The first kappa shape index (κ1) is 16.5. The summed E-state index contributed by atoms with van der Waals surface area (Å²) in [7, 11) is 0. The van der Waals surface area contributed by atoms with E-state index in [2.05, 4.69) is 21.5 Å². The van der Waals surface area contributed by atoms with Gasteiger partial charge in [0, 0.05) is 57.0 Å². The van der Waals surface area contributed by atoms with Crippen molar-refractivity contribution < 1.29 is 9.53 Å². The number of nitrogens with zero attached hydrogens (tertiary/aromatic N) is 4. The van der Waals surface area contributed by atoms with Crippen LogP contribution in [0.2, 0.25) is 0 Å². The van der Waals surface area contributed by atoms with E-state index in [1.165, 1.54) is 0 Å². The summed E-state index contributed by atoms with van der Waals surface area (Å²) in [4.78, 5) is 22.8. The van der Waals surface area contributed by atoms with Gasteiger partial charge >= 0.3 is 0 Å². The largest absolute Gasteiger partial charge is 0.489 e. The second kappa shape index (κ2) is 7.47. The van der Waals surface area contributed by atoms with Crippen molar-refractivity contribution >= 4 is 5.91 Å². The number of imidazole rings is 1. The summed E-state index contributed by atoms with van der Waals surface area (Å²) < 4.78 is 7.98. The summed E-state index contributed by atoms with van der Waals surface area (Å²) in [6, 6.07) is 3.91. The van der Waals surface area contributed by atoms with Gasteiger partial charge in [-0.1, -0.05) is 0 Å². The van der Waals surface area contributed by atoms with Crippen LogP contribution in [0, 0.1) is 6.92 Å². The van der Waals surface area contributed by atoms with Gasteiger partial charge in [-0.15, -0.1) is 0 Å². The lowest BCUT2D eigenvalue weighted by Crippen LogP contribution is -2.42. The molecule has 0 unspecified atom stereocenters. The molecule has 128 valence electrons. The number of pyridine rings is 1. The zero-order chi connectivity index (χ0) is 16.9. The van der Waals surface area contributed by atoms with Gasteiger partial charge in [-0.25, -0.2) is 4.98 Å². The van der Waals surface area contributed by atoms with Crippen molar-refractivity contribution in [3.8, 4) is 5.75 Å². The second-order valence-electron chi connectivity index (χ2n) is 6.32. The standard InChI is InChI=1S/C18H24N4O2/c1-14(22-11-8-20-15(22)2)12-18(23)21-9-5-16(6-10-21)24-17-4-3-7-19-13-17/h3-4,7-8,11,13-14,16H,5-6,9-10,12H2,1-2H3/t14-/m1/s1. The molecule has 3 rings (SSSR count). The Balaban J connectivity index is 1.47. The topological polar surface area (TPSA) is 60.2 Å². The minimum atomic E-state index is 0.129. The maximum atomic E-state index is 12.5. The molecular formula is C18H24N4O2. The molecule has 3 heterocycles. The summed E-state index contributed by atoms with van der Waals surface area (Å²) in [5.41, 5.74) is 0. The van der Waals surface area contributed by atoms with Crippen LogP contribution in [-0.4, -0.2) is 44.5 Å². The van der Waals surface area contributed by atoms with E-state index in [-0.39, 0.29) is 18.1 Å². The lowest BCUT2D eigenvalue weighted by Gasteiger charge is -2.33. The molecule has 1 saturated heterocycles. The summed E-state index contributed by atoms with van der Waals surface area (Å²) in [6.07, 6.45) is 9.55. The highest BCUT2D eigenvalue weighted by atomic mass is 16.5. The third-order valence-electron chi connectivity index (χ3n) is 4.54. The molecule has 1 aliphatic rings. The van der Waals surface area contributed by atoms with Crippen LogP contribution in [-0.2, 0) is 4.79 Å². The SMILES string of the molecule is Cc1nccn1[C@H](C)CC(=O)N1CCC(Oc2cccnc2)CC1. The molecule has 1 aliphatic heterocycles. The highest BCUT2D eigenvalue weighted by molar-refractivity contribution is 5.76. The Labute approximate surface area is 142 Å². The van der Waals surface area contributed by atoms with Crippen LogP contribution in [0.3, 0.4) is 0 Å². The van der Waals surface area contributed by atoms with Crippen molar-refractivity contribution in [2.45, 2.75) is 45.3 Å². The maximum Gasteiger partial charge on any atom is 0.224 e. The number of hydrogen-bond donors (Lipinski definition) is 0. The molecule has 0 spiro atoms. The Kier molecular flexibility index (Phi) is 5.13. The molecule has 0 bridgehead atoms. The van der Waals surface area contributed by atoms with Gasteiger partial charge in [0.25, 0.3) is 0 Å². The fourth-order valence-electron chi connectivity index (χ4n) is 3.17. The predicted octanol–water partition coefficient (Wildman–Crippen LogP) is 2.61. The van der Waals surface area contributed by atoms with Gasteiger partial charge in [0.1, 0.15) is 17.7 Å². The fraction of sp³-hybridized carbons (Fsp3) is 0.500. The lowest BCUT2D eigenvalue weighted by molar-refractivity contribution is -0.133. The van der Waals surface area contributed by atoms with Crippen molar-refractivity contribution in [3.63, 3.8) is 0 Å². The number of aromatic nitrogens is 3. The molecule has 0 N–H and O–H groups in total. The molecule has 0 aromatic carbocycles. The average molecular weight is 328 g/mol. The number of rotatable bonds is 5. The number of hydrogen-bond acceptors (Lipinski definition) is 4. The number of likely N-dealkylation sites (tertiary alicyclic amines) is 1. The van der Waals surface area contributed by atoms with E-state index in [1.54, 1.807) is 18.6 Å². The number of aryl methyl sites for hydroxylation is 1. The molecule has 0 radical (unpaired) electrons. The Bertz CT molecular complexity index is 663. The molecule has 1 fully saturated rings. The minimum Gasteiger partial charge on any atom is -0.489 e. The minimum absolute atomic E-state index is 0.129. The molecule has 0 aliphatic carbocycles. The third kappa shape index (κ3) is 3.93. The van der Waals surface area contributed by atoms with Crippen molar-refractivity contribution in [1.82, 2.24) is 19.4 Å². The summed E-state index contributed by atoms with van der Waals surface area (Å²) in [5.74, 6) is 1.95. The van der Waals surface area contributed by atoms with Gasteiger partial charge < -0.3 is 14.2 Å². The monoisotopic (exact) mass is 328 g/mol. The quantitative estimate of drug-likeness (QED) is 0.846. The van der Waals surface area contributed by atoms with Gasteiger partial charge in [-0.05, 0) is 26.0 Å². The molecular weight excluding hydrogens is 304 g/mol. The van der Waals surface area contributed by atoms with Crippen LogP contribution in [0.1, 0.15) is 38.1 Å². The van der Waals surface area contributed by atoms with Crippen molar-refractivity contribution in [2.75, 3.05) is 13.1 Å². The van der Waals surface area contributed by atoms with E-state index in [0.29, 0.717) is 6.42 Å². The normalized spacial score (nSPS) is 16.8. The fourth-order valence-corrected chi connectivity index (χ4v) is 3.17. The maximum absolute atomic E-state index is 12.5. The summed E-state index contributed by atoms with van der Waals surface area (Å²) >= 11 is 0. The Morgan fingerprint density at radius 1 is 1.38 bits per heavy atom. The van der Waals surface area contributed by atoms with Gasteiger partial charge in [0.2, 0.25) is 5.91 Å². The summed E-state index contributed by atoms with van der Waals surface area (Å²) in [5, 5.41) is 0. The Morgan fingerprint density at radius 2 is 2.17 bits per heavy atom. The number of piperidine rings is 1. The van der Waals surface area contributed by atoms with Crippen molar-refractivity contribution in [2.24, 2.45) is 0 Å². The second-order valence-corrected chi connectivity index (χ2v) is 6.32. The number of carbonyl (C=O) groups excluding carboxylic acids is 1. The number of ether oxygens (including phenoxy) is 1. The van der Waals surface area contributed by atoms with E-state index in [1.807, 2.05) is 30.2 Å². The van der Waals surface area contributed by atoms with Gasteiger partial charge in [0.05, 0.1) is 6.20 Å². The first-order valence-electron chi connectivity index (χ1n) is 8.47. The Hall–Kier alpha value is -2.37. The van der Waals surface area contributed by atoms with E-state index in [4.69, 9.17) is 4.74 Å². The molecule has 24 heavy (non-hydrogen) atoms. The van der Waals surface area contributed by atoms with Crippen LogP contribution in [0.25, 0.3) is 0 Å². The van der Waals surface area contributed by atoms with Crippen LogP contribution in [0.5, 0.6) is 5.75 Å². The first-order chi connectivity index (χ1) is 11.6. The smallest absolute Gasteiger partial charge is 0.224 e. The van der Waals surface area contributed by atoms with E-state index in [0.717, 1.165) is 37.5 Å². The Morgan fingerprint density at radius 3 is 2.79 bits per heavy atom. The lowest BCUT2D eigenvalue weighted by atomic mass is 10.1. The zero-order valence-corrected chi connectivity index (χ0v) is 14.3. The van der Waals surface area contributed by atoms with Crippen LogP contribution < -0.4 is 4.74 Å². The molecule has 0 saturated carbocycles. The molecule has 1 atom stereocenters. The number of amides is 1. The van der Waals surface area contributed by atoms with Crippen molar-refractivity contribution in [3.05, 3.63) is 42.7 Å². The third-order valence-corrected chi connectivity index (χ3v) is 4.54. The average Bonchev–Trinajstić information content (AvgIpc) is 3.02. The van der Waals surface area contributed by atoms with Crippen LogP contribution in [0.15, 0.2) is 36.9 Å². The molecule has 6 nitrogen and oxygen atoms in total. The van der Waals surface area contributed by atoms with Gasteiger partial charge in [-0.3, -0.25) is 9.78 Å².